The molecule has 0 bridgehead atoms. The molecule has 3 rings (SSSR count). The summed E-state index contributed by atoms with van der Waals surface area (Å²) in [6.45, 7) is 2.62. The van der Waals surface area contributed by atoms with Gasteiger partial charge in [0, 0.05) is 24.8 Å². The number of piperidine rings is 1. The van der Waals surface area contributed by atoms with Crippen LogP contribution >= 0.6 is 0 Å². The van der Waals surface area contributed by atoms with Crippen LogP contribution < -0.4 is 5.73 Å². The van der Waals surface area contributed by atoms with E-state index in [9.17, 15) is 9.18 Å². The van der Waals surface area contributed by atoms with Crippen LogP contribution in [0.4, 0.5) is 4.39 Å². The van der Waals surface area contributed by atoms with Crippen LogP contribution in [-0.4, -0.2) is 39.2 Å². The summed E-state index contributed by atoms with van der Waals surface area (Å²) in [6, 6.07) is 8.20. The van der Waals surface area contributed by atoms with Crippen molar-refractivity contribution in [1.82, 2.24) is 14.7 Å². The van der Waals surface area contributed by atoms with E-state index in [-0.39, 0.29) is 23.8 Å². The maximum atomic E-state index is 13.8. The van der Waals surface area contributed by atoms with Crippen LogP contribution in [0.1, 0.15) is 30.3 Å². The topological polar surface area (TPSA) is 64.2 Å². The maximum Gasteiger partial charge on any atom is 0.274 e. The van der Waals surface area contributed by atoms with Gasteiger partial charge in [-0.3, -0.25) is 4.79 Å². The number of amides is 1. The van der Waals surface area contributed by atoms with Gasteiger partial charge in [0.25, 0.3) is 5.91 Å². The lowest BCUT2D eigenvalue weighted by molar-refractivity contribution is 0.0612. The molecule has 5 nitrogen and oxygen atoms in total. The Kier molecular flexibility index (Phi) is 3.94. The quantitative estimate of drug-likeness (QED) is 0.922. The van der Waals surface area contributed by atoms with Crippen molar-refractivity contribution in [2.45, 2.75) is 31.8 Å². The number of hydrogen-bond acceptors (Lipinski definition) is 3. The Labute approximate surface area is 128 Å². The van der Waals surface area contributed by atoms with Crippen LogP contribution in [-0.2, 0) is 0 Å². The van der Waals surface area contributed by atoms with E-state index < -0.39 is 0 Å². The second-order valence-corrected chi connectivity index (χ2v) is 5.73. The fourth-order valence-electron chi connectivity index (χ4n) is 2.87. The summed E-state index contributed by atoms with van der Waals surface area (Å²) in [5, 5.41) is 4.22. The maximum absolute atomic E-state index is 13.8. The first-order chi connectivity index (χ1) is 10.6. The fourth-order valence-corrected chi connectivity index (χ4v) is 2.87. The smallest absolute Gasteiger partial charge is 0.274 e. The molecule has 2 atom stereocenters. The summed E-state index contributed by atoms with van der Waals surface area (Å²) in [5.41, 5.74) is 6.58. The summed E-state index contributed by atoms with van der Waals surface area (Å²) in [7, 11) is 0. The molecule has 1 saturated heterocycles. The van der Waals surface area contributed by atoms with Crippen molar-refractivity contribution in [1.29, 1.82) is 0 Å². The molecule has 6 heteroatoms. The molecule has 0 unspecified atom stereocenters. The van der Waals surface area contributed by atoms with Crippen molar-refractivity contribution in [3.8, 4) is 5.69 Å². The average molecular weight is 302 g/mol. The molecule has 1 amide bonds. The van der Waals surface area contributed by atoms with Gasteiger partial charge in [-0.2, -0.15) is 5.10 Å². The average Bonchev–Trinajstić information content (AvgIpc) is 2.97. The van der Waals surface area contributed by atoms with Crippen molar-refractivity contribution < 1.29 is 9.18 Å². The molecule has 22 heavy (non-hydrogen) atoms. The number of halogens is 1. The summed E-state index contributed by atoms with van der Waals surface area (Å²) in [5.74, 6) is -0.503. The first kappa shape index (κ1) is 14.7. The van der Waals surface area contributed by atoms with Crippen molar-refractivity contribution in [2.75, 3.05) is 6.54 Å². The normalized spacial score (nSPS) is 21.9. The zero-order valence-corrected chi connectivity index (χ0v) is 12.4. The van der Waals surface area contributed by atoms with E-state index in [1.54, 1.807) is 35.4 Å². The Balaban J connectivity index is 1.82. The molecule has 1 aromatic carbocycles. The second kappa shape index (κ2) is 5.88. The van der Waals surface area contributed by atoms with Gasteiger partial charge in [-0.05, 0) is 38.0 Å². The first-order valence-electron chi connectivity index (χ1n) is 7.43. The van der Waals surface area contributed by atoms with Crippen LogP contribution in [0.15, 0.2) is 36.5 Å². The third-order valence-corrected chi connectivity index (χ3v) is 4.09. The zero-order valence-electron chi connectivity index (χ0n) is 12.4. The molecule has 116 valence electrons. The van der Waals surface area contributed by atoms with E-state index in [0.29, 0.717) is 17.9 Å². The summed E-state index contributed by atoms with van der Waals surface area (Å²) in [6.07, 6.45) is 3.19. The number of para-hydroxylation sites is 1. The summed E-state index contributed by atoms with van der Waals surface area (Å²) in [4.78, 5) is 14.4. The molecule has 0 radical (unpaired) electrons. The van der Waals surface area contributed by atoms with E-state index in [1.807, 2.05) is 6.92 Å². The predicted molar refractivity (Wildman–Crippen MR) is 81.2 cm³/mol. The third kappa shape index (κ3) is 2.74. The van der Waals surface area contributed by atoms with Crippen LogP contribution in [0.25, 0.3) is 5.69 Å². The lowest BCUT2D eigenvalue weighted by Gasteiger charge is -2.35. The molecule has 0 saturated carbocycles. The van der Waals surface area contributed by atoms with Gasteiger partial charge in [0.15, 0.2) is 5.69 Å². The highest BCUT2D eigenvalue weighted by Crippen LogP contribution is 2.19. The van der Waals surface area contributed by atoms with Crippen LogP contribution in [0, 0.1) is 5.82 Å². The first-order valence-corrected chi connectivity index (χ1v) is 7.43. The van der Waals surface area contributed by atoms with Gasteiger partial charge < -0.3 is 10.6 Å². The van der Waals surface area contributed by atoms with E-state index in [2.05, 4.69) is 5.10 Å². The molecule has 2 N–H and O–H groups in total. The fraction of sp³-hybridized carbons (Fsp3) is 0.375. The Morgan fingerprint density at radius 3 is 2.86 bits per heavy atom. The van der Waals surface area contributed by atoms with Crippen molar-refractivity contribution in [3.05, 3.63) is 48.0 Å². The summed E-state index contributed by atoms with van der Waals surface area (Å²) >= 11 is 0. The third-order valence-electron chi connectivity index (χ3n) is 4.09. The van der Waals surface area contributed by atoms with Gasteiger partial charge in [0.1, 0.15) is 11.5 Å². The molecule has 1 fully saturated rings. The van der Waals surface area contributed by atoms with E-state index in [1.165, 1.54) is 10.7 Å². The van der Waals surface area contributed by atoms with Crippen molar-refractivity contribution >= 4 is 5.91 Å². The SMILES string of the molecule is C[C@H]1C[C@@H](N)CCN1C(=O)c1ccn(-c2ccccc2F)n1. The zero-order chi connectivity index (χ0) is 15.7. The minimum absolute atomic E-state index is 0.0925. The number of aromatic nitrogens is 2. The molecule has 1 aliphatic rings. The van der Waals surface area contributed by atoms with Gasteiger partial charge >= 0.3 is 0 Å². The monoisotopic (exact) mass is 302 g/mol. The Morgan fingerprint density at radius 1 is 1.36 bits per heavy atom. The van der Waals surface area contributed by atoms with Crippen LogP contribution in [0.5, 0.6) is 0 Å². The molecular weight excluding hydrogens is 283 g/mol. The molecule has 2 heterocycles. The summed E-state index contributed by atoms with van der Waals surface area (Å²) < 4.78 is 15.2. The number of carbonyl (C=O) groups is 1. The lowest BCUT2D eigenvalue weighted by atomic mass is 9.99. The molecule has 0 spiro atoms. The standard InChI is InChI=1S/C16H19FN4O/c1-11-10-12(18)6-8-20(11)16(22)14-7-9-21(19-14)15-5-3-2-4-13(15)17/h2-5,7,9,11-12H,6,8,10,18H2,1H3/t11-,12-/m0/s1. The number of nitrogens with two attached hydrogens (primary N) is 1. The lowest BCUT2D eigenvalue weighted by Crippen LogP contribution is -2.48. The van der Waals surface area contributed by atoms with Gasteiger partial charge in [0.2, 0.25) is 0 Å². The van der Waals surface area contributed by atoms with Crippen LogP contribution in [0.2, 0.25) is 0 Å². The van der Waals surface area contributed by atoms with Crippen molar-refractivity contribution in [3.63, 3.8) is 0 Å². The van der Waals surface area contributed by atoms with Gasteiger partial charge in [0.05, 0.1) is 0 Å². The number of rotatable bonds is 2. The largest absolute Gasteiger partial charge is 0.334 e. The van der Waals surface area contributed by atoms with Crippen LogP contribution in [0.3, 0.4) is 0 Å². The molecule has 1 aliphatic heterocycles. The van der Waals surface area contributed by atoms with E-state index >= 15 is 0 Å². The number of carbonyl (C=O) groups excluding carboxylic acids is 1. The van der Waals surface area contributed by atoms with Gasteiger partial charge in [-0.1, -0.05) is 12.1 Å². The number of likely N-dealkylation sites (tertiary alicyclic amines) is 1. The second-order valence-electron chi connectivity index (χ2n) is 5.73. The highest BCUT2D eigenvalue weighted by molar-refractivity contribution is 5.92. The minimum Gasteiger partial charge on any atom is -0.334 e. The Bertz CT molecular complexity index is 684. The van der Waals surface area contributed by atoms with E-state index in [0.717, 1.165) is 12.8 Å². The molecule has 2 aromatic rings. The predicted octanol–water partition coefficient (Wildman–Crippen LogP) is 1.96. The van der Waals surface area contributed by atoms with Crippen molar-refractivity contribution in [2.24, 2.45) is 5.73 Å². The van der Waals surface area contributed by atoms with Gasteiger partial charge in [-0.25, -0.2) is 9.07 Å². The molecule has 1 aromatic heterocycles. The highest BCUT2D eigenvalue weighted by atomic mass is 19.1. The van der Waals surface area contributed by atoms with E-state index in [4.69, 9.17) is 5.73 Å². The minimum atomic E-state index is -0.373. The Morgan fingerprint density at radius 2 is 2.14 bits per heavy atom. The number of benzene rings is 1. The highest BCUT2D eigenvalue weighted by Gasteiger charge is 2.28. The molecular formula is C16H19FN4O. The molecule has 0 aliphatic carbocycles. The number of hydrogen-bond donors (Lipinski definition) is 1. The Hall–Kier alpha value is -2.21. The van der Waals surface area contributed by atoms with Gasteiger partial charge in [-0.15, -0.1) is 0 Å². The number of nitrogens with zero attached hydrogens (tertiary/aromatic N) is 3.